The molecule has 0 aliphatic carbocycles. The van der Waals surface area contributed by atoms with Crippen LogP contribution in [0, 0.1) is 0 Å². The highest BCUT2D eigenvalue weighted by Gasteiger charge is 2.18. The number of benzene rings is 1. The van der Waals surface area contributed by atoms with E-state index in [9.17, 15) is 0 Å². The molecule has 0 N–H and O–H groups in total. The Morgan fingerprint density at radius 3 is 2.92 bits per heavy atom. The Labute approximate surface area is 151 Å². The molecule has 3 rings (SSSR count). The molecule has 24 heavy (non-hydrogen) atoms. The van der Waals surface area contributed by atoms with Gasteiger partial charge in [-0.05, 0) is 57.1 Å². The summed E-state index contributed by atoms with van der Waals surface area (Å²) in [5.41, 5.74) is 0. The van der Waals surface area contributed by atoms with Gasteiger partial charge in [-0.1, -0.05) is 29.8 Å². The highest BCUT2D eigenvalue weighted by molar-refractivity contribution is 7.99. The maximum Gasteiger partial charge on any atom is 0.276 e. The predicted molar refractivity (Wildman–Crippen MR) is 95.7 cm³/mol. The lowest BCUT2D eigenvalue weighted by atomic mass is 10.0. The molecule has 2 aromatic rings. The monoisotopic (exact) mass is 367 g/mol. The van der Waals surface area contributed by atoms with Crippen molar-refractivity contribution in [1.29, 1.82) is 0 Å². The first-order valence-corrected chi connectivity index (χ1v) is 9.61. The first kappa shape index (κ1) is 17.6. The molecule has 1 aliphatic heterocycles. The summed E-state index contributed by atoms with van der Waals surface area (Å²) in [5, 5.41) is 9.40. The summed E-state index contributed by atoms with van der Waals surface area (Å²) >= 11 is 7.46. The number of aromatic nitrogens is 2. The number of hydrogen-bond acceptors (Lipinski definition) is 6. The second kappa shape index (κ2) is 8.74. The number of ether oxygens (including phenoxy) is 1. The minimum atomic E-state index is 0.264. The van der Waals surface area contributed by atoms with Crippen LogP contribution in [0.4, 0.5) is 0 Å². The SMILES string of the molecule is CN1CCCCC1CCSc1nnc(COc2ccc(Cl)cc2)o1. The average molecular weight is 368 g/mol. The van der Waals surface area contributed by atoms with Gasteiger partial charge in [-0.15, -0.1) is 10.2 Å². The van der Waals surface area contributed by atoms with Crippen LogP contribution in [0.1, 0.15) is 31.6 Å². The van der Waals surface area contributed by atoms with Gasteiger partial charge in [-0.25, -0.2) is 0 Å². The van der Waals surface area contributed by atoms with Gasteiger partial charge in [0, 0.05) is 16.8 Å². The van der Waals surface area contributed by atoms with Crippen molar-refractivity contribution in [3.05, 3.63) is 35.2 Å². The topological polar surface area (TPSA) is 51.4 Å². The van der Waals surface area contributed by atoms with E-state index in [0.29, 0.717) is 22.2 Å². The molecular weight excluding hydrogens is 346 g/mol. The first-order valence-electron chi connectivity index (χ1n) is 8.24. The van der Waals surface area contributed by atoms with Crippen molar-refractivity contribution in [3.8, 4) is 5.75 Å². The molecule has 1 aromatic heterocycles. The average Bonchev–Trinajstić information content (AvgIpc) is 3.04. The number of rotatable bonds is 7. The molecule has 0 bridgehead atoms. The van der Waals surface area contributed by atoms with Gasteiger partial charge < -0.3 is 14.1 Å². The van der Waals surface area contributed by atoms with Crippen molar-refractivity contribution in [1.82, 2.24) is 15.1 Å². The van der Waals surface area contributed by atoms with Crippen molar-refractivity contribution >= 4 is 23.4 Å². The van der Waals surface area contributed by atoms with Gasteiger partial charge >= 0.3 is 0 Å². The van der Waals surface area contributed by atoms with Gasteiger partial charge in [0.15, 0.2) is 6.61 Å². The molecule has 130 valence electrons. The smallest absolute Gasteiger partial charge is 0.276 e. The van der Waals surface area contributed by atoms with Crippen LogP contribution in [-0.4, -0.2) is 40.5 Å². The van der Waals surface area contributed by atoms with Crippen molar-refractivity contribution in [2.75, 3.05) is 19.3 Å². The summed E-state index contributed by atoms with van der Waals surface area (Å²) in [7, 11) is 2.22. The van der Waals surface area contributed by atoms with Crippen LogP contribution < -0.4 is 4.74 Å². The Morgan fingerprint density at radius 2 is 2.12 bits per heavy atom. The van der Waals surface area contributed by atoms with E-state index < -0.39 is 0 Å². The first-order chi connectivity index (χ1) is 11.7. The lowest BCUT2D eigenvalue weighted by molar-refractivity contribution is 0.182. The number of piperidine rings is 1. The van der Waals surface area contributed by atoms with E-state index in [1.54, 1.807) is 23.9 Å². The van der Waals surface area contributed by atoms with E-state index in [1.165, 1.54) is 25.8 Å². The zero-order valence-corrected chi connectivity index (χ0v) is 15.4. The minimum absolute atomic E-state index is 0.264. The quantitative estimate of drug-likeness (QED) is 0.681. The molecule has 1 atom stereocenters. The molecule has 1 saturated heterocycles. The number of thioether (sulfide) groups is 1. The minimum Gasteiger partial charge on any atom is -0.484 e. The molecular formula is C17H22ClN3O2S. The Morgan fingerprint density at radius 1 is 1.29 bits per heavy atom. The second-order valence-corrected chi connectivity index (χ2v) is 7.45. The summed E-state index contributed by atoms with van der Waals surface area (Å²) in [5.74, 6) is 2.21. The van der Waals surface area contributed by atoms with Crippen LogP contribution in [-0.2, 0) is 6.61 Å². The highest BCUT2D eigenvalue weighted by Crippen LogP contribution is 2.23. The Bertz CT molecular complexity index is 635. The van der Waals surface area contributed by atoms with Crippen LogP contribution in [0.15, 0.2) is 33.9 Å². The molecule has 1 fully saturated rings. The van der Waals surface area contributed by atoms with Crippen molar-refractivity contribution < 1.29 is 9.15 Å². The fourth-order valence-electron chi connectivity index (χ4n) is 2.82. The van der Waals surface area contributed by atoms with E-state index in [1.807, 2.05) is 12.1 Å². The standard InChI is InChI=1S/C17H22ClN3O2S/c1-21-10-3-2-4-14(21)9-11-24-17-20-19-16(23-17)12-22-15-7-5-13(18)6-8-15/h5-8,14H,2-4,9-12H2,1H3. The number of halogens is 1. The number of hydrogen-bond donors (Lipinski definition) is 0. The molecule has 1 unspecified atom stereocenters. The number of nitrogens with zero attached hydrogens (tertiary/aromatic N) is 3. The summed E-state index contributed by atoms with van der Waals surface area (Å²) in [6.45, 7) is 1.47. The van der Waals surface area contributed by atoms with Gasteiger partial charge in [0.1, 0.15) is 5.75 Å². The van der Waals surface area contributed by atoms with Crippen LogP contribution >= 0.6 is 23.4 Å². The van der Waals surface area contributed by atoms with E-state index >= 15 is 0 Å². The Kier molecular flexibility index (Phi) is 6.40. The molecule has 0 saturated carbocycles. The summed E-state index contributed by atoms with van der Waals surface area (Å²) in [6.07, 6.45) is 5.11. The van der Waals surface area contributed by atoms with Crippen molar-refractivity contribution in [2.24, 2.45) is 0 Å². The van der Waals surface area contributed by atoms with Gasteiger partial charge in [0.05, 0.1) is 0 Å². The zero-order valence-electron chi connectivity index (χ0n) is 13.8. The number of likely N-dealkylation sites (tertiary alicyclic amines) is 1. The summed E-state index contributed by atoms with van der Waals surface area (Å²) in [4.78, 5) is 2.46. The van der Waals surface area contributed by atoms with Gasteiger partial charge in [-0.3, -0.25) is 0 Å². The van der Waals surface area contributed by atoms with Crippen molar-refractivity contribution in [3.63, 3.8) is 0 Å². The molecule has 7 heteroatoms. The maximum absolute atomic E-state index is 5.84. The molecule has 0 amide bonds. The lowest BCUT2D eigenvalue weighted by Crippen LogP contribution is -2.36. The van der Waals surface area contributed by atoms with E-state index in [0.717, 1.165) is 17.9 Å². The predicted octanol–water partition coefficient (Wildman–Crippen LogP) is 4.27. The maximum atomic E-state index is 5.84. The molecule has 0 radical (unpaired) electrons. The fourth-order valence-corrected chi connectivity index (χ4v) is 3.77. The molecule has 1 aliphatic rings. The molecule has 2 heterocycles. The molecule has 0 spiro atoms. The van der Waals surface area contributed by atoms with E-state index in [4.69, 9.17) is 20.8 Å². The van der Waals surface area contributed by atoms with Crippen molar-refractivity contribution in [2.45, 2.75) is 43.6 Å². The van der Waals surface area contributed by atoms with Gasteiger partial charge in [-0.2, -0.15) is 0 Å². The summed E-state index contributed by atoms with van der Waals surface area (Å²) in [6, 6.07) is 7.88. The third kappa shape index (κ3) is 5.13. The highest BCUT2D eigenvalue weighted by atomic mass is 35.5. The zero-order chi connectivity index (χ0) is 16.8. The van der Waals surface area contributed by atoms with Crippen LogP contribution in [0.5, 0.6) is 5.75 Å². The van der Waals surface area contributed by atoms with Crippen LogP contribution in [0.3, 0.4) is 0 Å². The second-order valence-electron chi connectivity index (χ2n) is 5.97. The Balaban J connectivity index is 1.41. The normalized spacial score (nSPS) is 18.7. The molecule has 5 nitrogen and oxygen atoms in total. The van der Waals surface area contributed by atoms with Gasteiger partial charge in [0.25, 0.3) is 11.1 Å². The summed E-state index contributed by atoms with van der Waals surface area (Å²) < 4.78 is 11.2. The van der Waals surface area contributed by atoms with Gasteiger partial charge in [0.2, 0.25) is 0 Å². The third-order valence-corrected chi connectivity index (χ3v) is 5.33. The fraction of sp³-hybridized carbons (Fsp3) is 0.529. The van der Waals surface area contributed by atoms with E-state index in [-0.39, 0.29) is 6.61 Å². The third-order valence-electron chi connectivity index (χ3n) is 4.22. The van der Waals surface area contributed by atoms with Crippen LogP contribution in [0.25, 0.3) is 0 Å². The molecule has 1 aromatic carbocycles. The lowest BCUT2D eigenvalue weighted by Gasteiger charge is -2.32. The Hall–Kier alpha value is -1.24. The van der Waals surface area contributed by atoms with Crippen LogP contribution in [0.2, 0.25) is 5.02 Å². The largest absolute Gasteiger partial charge is 0.484 e. The van der Waals surface area contributed by atoms with E-state index in [2.05, 4.69) is 22.1 Å².